The van der Waals surface area contributed by atoms with Crippen molar-refractivity contribution < 1.29 is 22.4 Å². The Balaban J connectivity index is 1.74. The topological polar surface area (TPSA) is 46.4 Å². The molecule has 1 amide bonds. The Bertz CT molecular complexity index is 1280. The molecule has 8 heteroatoms. The number of halogens is 4. The van der Waals surface area contributed by atoms with E-state index in [2.05, 4.69) is 10.3 Å². The van der Waals surface area contributed by atoms with E-state index in [1.807, 2.05) is 19.1 Å². The first-order valence-electron chi connectivity index (χ1n) is 9.87. The van der Waals surface area contributed by atoms with Gasteiger partial charge in [-0.2, -0.15) is 13.2 Å². The minimum atomic E-state index is -4.52. The van der Waals surface area contributed by atoms with Crippen LogP contribution in [0, 0.1) is 12.7 Å². The van der Waals surface area contributed by atoms with E-state index >= 15 is 0 Å². The number of aryl methyl sites for hydroxylation is 1. The van der Waals surface area contributed by atoms with Gasteiger partial charge in [-0.1, -0.05) is 30.3 Å². The molecule has 4 nitrogen and oxygen atoms in total. The monoisotopic (exact) mass is 441 g/mol. The zero-order valence-corrected chi connectivity index (χ0v) is 17.0. The lowest BCUT2D eigenvalue weighted by Crippen LogP contribution is -2.18. The summed E-state index contributed by atoms with van der Waals surface area (Å²) in [5, 5.41) is 2.51. The summed E-state index contributed by atoms with van der Waals surface area (Å²) in [7, 11) is 0. The van der Waals surface area contributed by atoms with Crippen LogP contribution in [0.1, 0.15) is 34.7 Å². The third kappa shape index (κ3) is 4.49. The summed E-state index contributed by atoms with van der Waals surface area (Å²) >= 11 is 0. The first-order valence-corrected chi connectivity index (χ1v) is 9.87. The number of alkyl halides is 3. The van der Waals surface area contributed by atoms with E-state index in [1.54, 1.807) is 28.9 Å². The largest absolute Gasteiger partial charge is 0.416 e. The lowest BCUT2D eigenvalue weighted by Gasteiger charge is -2.19. The minimum Gasteiger partial charge on any atom is -0.324 e. The maximum Gasteiger partial charge on any atom is 0.416 e. The van der Waals surface area contributed by atoms with Gasteiger partial charge in [-0.15, -0.1) is 0 Å². The minimum absolute atomic E-state index is 0.00839. The average Bonchev–Trinajstić information content (AvgIpc) is 3.16. The van der Waals surface area contributed by atoms with Gasteiger partial charge in [-0.05, 0) is 48.4 Å². The molecule has 4 aromatic rings. The number of fused-ring (bicyclic) bond motifs is 1. The third-order valence-electron chi connectivity index (χ3n) is 5.21. The van der Waals surface area contributed by atoms with Crippen molar-refractivity contribution in [3.8, 4) is 0 Å². The Morgan fingerprint density at radius 2 is 1.88 bits per heavy atom. The number of aromatic nitrogens is 2. The number of anilines is 1. The van der Waals surface area contributed by atoms with Gasteiger partial charge in [0.25, 0.3) is 0 Å². The number of para-hydroxylation sites is 1. The van der Waals surface area contributed by atoms with E-state index < -0.39 is 29.4 Å². The number of hydrogen-bond donors (Lipinski definition) is 1. The van der Waals surface area contributed by atoms with Crippen molar-refractivity contribution in [2.24, 2.45) is 0 Å². The van der Waals surface area contributed by atoms with E-state index in [-0.39, 0.29) is 12.1 Å². The molecule has 4 rings (SSSR count). The summed E-state index contributed by atoms with van der Waals surface area (Å²) in [5.41, 5.74) is 1.66. The van der Waals surface area contributed by atoms with E-state index in [9.17, 15) is 22.4 Å². The van der Waals surface area contributed by atoms with Crippen LogP contribution < -0.4 is 5.32 Å². The average molecular weight is 441 g/mol. The zero-order chi connectivity index (χ0) is 22.9. The predicted molar refractivity (Wildman–Crippen MR) is 113 cm³/mol. The molecule has 1 unspecified atom stereocenters. The normalized spacial score (nSPS) is 12.7. The van der Waals surface area contributed by atoms with E-state index in [0.717, 1.165) is 17.7 Å². The molecular formula is C24H19F4N3O. The van der Waals surface area contributed by atoms with Gasteiger partial charge in [-0.25, -0.2) is 9.37 Å². The molecule has 32 heavy (non-hydrogen) atoms. The van der Waals surface area contributed by atoms with Gasteiger partial charge in [0, 0.05) is 24.7 Å². The van der Waals surface area contributed by atoms with E-state index in [4.69, 9.17) is 0 Å². The fourth-order valence-electron chi connectivity index (χ4n) is 3.63. The highest BCUT2D eigenvalue weighted by Crippen LogP contribution is 2.35. The van der Waals surface area contributed by atoms with E-state index in [1.165, 1.54) is 24.3 Å². The number of nitrogens with one attached hydrogen (secondary N) is 1. The number of imidazole rings is 1. The molecule has 0 aliphatic carbocycles. The van der Waals surface area contributed by atoms with Gasteiger partial charge in [0.15, 0.2) is 0 Å². The van der Waals surface area contributed by atoms with Gasteiger partial charge < -0.3 is 9.72 Å². The highest BCUT2D eigenvalue weighted by Gasteiger charge is 2.32. The second-order valence-electron chi connectivity index (χ2n) is 7.52. The van der Waals surface area contributed by atoms with Crippen molar-refractivity contribution in [2.45, 2.75) is 25.4 Å². The molecule has 0 saturated heterocycles. The van der Waals surface area contributed by atoms with Gasteiger partial charge in [-0.3, -0.25) is 4.79 Å². The van der Waals surface area contributed by atoms with Crippen molar-refractivity contribution in [3.63, 3.8) is 0 Å². The van der Waals surface area contributed by atoms with Crippen molar-refractivity contribution in [3.05, 3.63) is 101 Å². The van der Waals surface area contributed by atoms with Gasteiger partial charge in [0.05, 0.1) is 16.9 Å². The molecule has 0 radical (unpaired) electrons. The Morgan fingerprint density at radius 3 is 2.62 bits per heavy atom. The van der Waals surface area contributed by atoms with Crippen LogP contribution in [0.3, 0.4) is 0 Å². The Kier molecular flexibility index (Phi) is 5.69. The van der Waals surface area contributed by atoms with Crippen LogP contribution in [0.2, 0.25) is 0 Å². The number of carbonyl (C=O) groups excluding carboxylic acids is 1. The smallest absolute Gasteiger partial charge is 0.324 e. The first-order chi connectivity index (χ1) is 15.2. The van der Waals surface area contributed by atoms with Gasteiger partial charge in [0.2, 0.25) is 5.91 Å². The maximum atomic E-state index is 14.0. The molecule has 0 aliphatic heterocycles. The number of carbonyl (C=O) groups is 1. The molecule has 2 aromatic heterocycles. The van der Waals surface area contributed by atoms with Crippen molar-refractivity contribution in [1.82, 2.24) is 9.38 Å². The zero-order valence-electron chi connectivity index (χ0n) is 17.0. The van der Waals surface area contributed by atoms with Crippen LogP contribution in [0.5, 0.6) is 0 Å². The predicted octanol–water partition coefficient (Wildman–Crippen LogP) is 5.96. The second kappa shape index (κ2) is 8.45. The lowest BCUT2D eigenvalue weighted by molar-refractivity contribution is -0.137. The van der Waals surface area contributed by atoms with E-state index in [0.29, 0.717) is 16.9 Å². The molecular weight excluding hydrogens is 422 g/mol. The van der Waals surface area contributed by atoms with Crippen LogP contribution in [0.25, 0.3) is 5.65 Å². The number of pyridine rings is 1. The quantitative estimate of drug-likeness (QED) is 0.389. The second-order valence-corrected chi connectivity index (χ2v) is 7.52. The standard InChI is InChI=1S/C24H19F4N3O/c1-15-9-10-31-21(14-29-22(31)11-15)18(16-5-4-6-17(12-16)24(26,27)28)13-23(32)30-20-8-3-2-7-19(20)25/h2-12,14,18H,13H2,1H3,(H,30,32). The van der Waals surface area contributed by atoms with Crippen molar-refractivity contribution >= 4 is 17.2 Å². The number of hydrogen-bond acceptors (Lipinski definition) is 2. The summed E-state index contributed by atoms with van der Waals surface area (Å²) in [6.45, 7) is 1.90. The molecule has 164 valence electrons. The molecule has 1 N–H and O–H groups in total. The van der Waals surface area contributed by atoms with Crippen LogP contribution in [0.15, 0.2) is 73.1 Å². The summed E-state index contributed by atoms with van der Waals surface area (Å²) in [6.07, 6.45) is -1.40. The fraction of sp³-hybridized carbons (Fsp3) is 0.167. The summed E-state index contributed by atoms with van der Waals surface area (Å²) in [5.74, 6) is -1.86. The maximum absolute atomic E-state index is 14.0. The van der Waals surface area contributed by atoms with Crippen LogP contribution >= 0.6 is 0 Å². The first kappa shape index (κ1) is 21.5. The Hall–Kier alpha value is -3.68. The summed E-state index contributed by atoms with van der Waals surface area (Å²) < 4.78 is 55.7. The molecule has 0 spiro atoms. The molecule has 0 fully saturated rings. The third-order valence-corrected chi connectivity index (χ3v) is 5.21. The van der Waals surface area contributed by atoms with Crippen LogP contribution in [-0.4, -0.2) is 15.3 Å². The number of amides is 1. The van der Waals surface area contributed by atoms with Crippen LogP contribution in [-0.2, 0) is 11.0 Å². The molecule has 0 bridgehead atoms. The SMILES string of the molecule is Cc1ccn2c(C(CC(=O)Nc3ccccc3F)c3cccc(C(F)(F)F)c3)cnc2c1. The molecule has 0 aliphatic rings. The molecule has 2 heterocycles. The van der Waals surface area contributed by atoms with Crippen LogP contribution in [0.4, 0.5) is 23.2 Å². The molecule has 0 saturated carbocycles. The van der Waals surface area contributed by atoms with Crippen molar-refractivity contribution in [1.29, 1.82) is 0 Å². The lowest BCUT2D eigenvalue weighted by atomic mass is 9.91. The summed E-state index contributed by atoms with van der Waals surface area (Å²) in [4.78, 5) is 17.1. The Labute approximate surface area is 181 Å². The summed E-state index contributed by atoms with van der Waals surface area (Å²) in [6, 6.07) is 14.3. The molecule has 2 aromatic carbocycles. The number of benzene rings is 2. The highest BCUT2D eigenvalue weighted by molar-refractivity contribution is 5.91. The van der Waals surface area contributed by atoms with Gasteiger partial charge in [0.1, 0.15) is 11.5 Å². The molecule has 1 atom stereocenters. The number of nitrogens with zero attached hydrogens (tertiary/aromatic N) is 2. The Morgan fingerprint density at radius 1 is 1.09 bits per heavy atom. The fourth-order valence-corrected chi connectivity index (χ4v) is 3.63. The number of rotatable bonds is 5. The van der Waals surface area contributed by atoms with Gasteiger partial charge >= 0.3 is 6.18 Å². The van der Waals surface area contributed by atoms with Crippen molar-refractivity contribution in [2.75, 3.05) is 5.32 Å². The highest BCUT2D eigenvalue weighted by atomic mass is 19.4.